The van der Waals surface area contributed by atoms with Crippen LogP contribution in [0.5, 0.6) is 0 Å². The third-order valence-corrected chi connectivity index (χ3v) is 4.97. The van der Waals surface area contributed by atoms with Crippen LogP contribution in [0.25, 0.3) is 0 Å². The van der Waals surface area contributed by atoms with Gasteiger partial charge in [0.1, 0.15) is 0 Å². The summed E-state index contributed by atoms with van der Waals surface area (Å²) in [7, 11) is 1.30. The van der Waals surface area contributed by atoms with Gasteiger partial charge in [0.05, 0.1) is 0 Å². The second kappa shape index (κ2) is 7.44. The summed E-state index contributed by atoms with van der Waals surface area (Å²) in [5, 5.41) is 1.67. The van der Waals surface area contributed by atoms with E-state index < -0.39 is 6.95 Å². The number of hydrogen-bond acceptors (Lipinski definition) is 5. The van der Waals surface area contributed by atoms with E-state index in [-0.39, 0.29) is 12.4 Å². The maximum atomic E-state index is 11.5. The van der Waals surface area contributed by atoms with Gasteiger partial charge < -0.3 is 4.90 Å². The molecule has 0 N–H and O–H groups in total. The summed E-state index contributed by atoms with van der Waals surface area (Å²) in [4.78, 5) is 2.55. The zero-order chi connectivity index (χ0) is 12.3. The van der Waals surface area contributed by atoms with Gasteiger partial charge in [-0.2, -0.15) is 5.06 Å². The fourth-order valence-electron chi connectivity index (χ4n) is 2.57. The van der Waals surface area contributed by atoms with E-state index in [9.17, 15) is 4.57 Å². The van der Waals surface area contributed by atoms with Gasteiger partial charge in [-0.25, -0.2) is 9.19 Å². The second-order valence-electron chi connectivity index (χ2n) is 4.60. The third kappa shape index (κ3) is 4.64. The van der Waals surface area contributed by atoms with Crippen molar-refractivity contribution in [1.29, 1.82) is 0 Å². The fraction of sp³-hybridized carbons (Fsp3) is 1.00. The zero-order valence-electron chi connectivity index (χ0n) is 10.6. The van der Waals surface area contributed by atoms with Crippen LogP contribution in [0.4, 0.5) is 0 Å². The van der Waals surface area contributed by atoms with Crippen molar-refractivity contribution in [2.45, 2.75) is 31.7 Å². The van der Waals surface area contributed by atoms with Crippen molar-refractivity contribution in [2.24, 2.45) is 0 Å². The van der Waals surface area contributed by atoms with Crippen molar-refractivity contribution in [2.75, 3.05) is 33.3 Å². The van der Waals surface area contributed by atoms with Crippen molar-refractivity contribution >= 4 is 30.6 Å². The molecule has 1 unspecified atom stereocenters. The van der Waals surface area contributed by atoms with Gasteiger partial charge in [0.2, 0.25) is 0 Å². The molecule has 8 heteroatoms. The molecule has 0 aromatic heterocycles. The molecule has 0 radical (unpaired) electrons. The van der Waals surface area contributed by atoms with Gasteiger partial charge in [-0.15, -0.1) is 12.4 Å². The molecule has 2 saturated heterocycles. The molecule has 0 aliphatic carbocycles. The number of nitrogens with zero attached hydrogens (tertiary/aromatic N) is 2. The first-order chi connectivity index (χ1) is 8.11. The van der Waals surface area contributed by atoms with Crippen LogP contribution in [0.1, 0.15) is 25.7 Å². The van der Waals surface area contributed by atoms with Crippen LogP contribution in [0.2, 0.25) is 0 Å². The Labute approximate surface area is 119 Å². The molecule has 5 nitrogen and oxygen atoms in total. The van der Waals surface area contributed by atoms with Gasteiger partial charge >= 0.3 is 6.95 Å². The number of piperidine rings is 1. The van der Waals surface area contributed by atoms with Crippen LogP contribution in [0.3, 0.4) is 0 Å². The molecule has 108 valence electrons. The summed E-state index contributed by atoms with van der Waals surface area (Å²) < 4.78 is 21.2. The first kappa shape index (κ1) is 16.7. The first-order valence-electron chi connectivity index (χ1n) is 6.15. The van der Waals surface area contributed by atoms with Gasteiger partial charge in [0, 0.05) is 37.5 Å². The van der Waals surface area contributed by atoms with Crippen molar-refractivity contribution in [3.8, 4) is 0 Å². The molecule has 2 heterocycles. The Morgan fingerprint density at radius 3 is 2.22 bits per heavy atom. The topological polar surface area (TPSA) is 42.0 Å². The predicted molar refractivity (Wildman–Crippen MR) is 74.2 cm³/mol. The van der Waals surface area contributed by atoms with E-state index >= 15 is 0 Å². The summed E-state index contributed by atoms with van der Waals surface area (Å²) in [5.74, 6) is 0. The van der Waals surface area contributed by atoms with E-state index in [1.165, 1.54) is 33.0 Å². The van der Waals surface area contributed by atoms with E-state index in [0.717, 1.165) is 25.9 Å². The number of likely N-dealkylation sites (tertiary alicyclic amines) is 1. The molecule has 0 spiro atoms. The highest BCUT2D eigenvalue weighted by Crippen LogP contribution is 2.53. The Hall–Kier alpha value is 0.650. The largest absolute Gasteiger partial charge is 0.440 e. The third-order valence-electron chi connectivity index (χ3n) is 3.51. The number of hydroxylamine groups is 2. The molecular formula is C10H21Cl2N2O3P. The SMILES string of the molecule is COP(=O)(Cl)ON1CCC(N2CCCC2)CC1.Cl. The van der Waals surface area contributed by atoms with Crippen molar-refractivity contribution in [3.05, 3.63) is 0 Å². The van der Waals surface area contributed by atoms with Crippen LogP contribution in [-0.2, 0) is 13.7 Å². The molecule has 0 aromatic rings. The lowest BCUT2D eigenvalue weighted by Gasteiger charge is -2.35. The van der Waals surface area contributed by atoms with Gasteiger partial charge in [0.15, 0.2) is 0 Å². The molecule has 18 heavy (non-hydrogen) atoms. The van der Waals surface area contributed by atoms with Crippen LogP contribution < -0.4 is 0 Å². The van der Waals surface area contributed by atoms with Crippen molar-refractivity contribution in [1.82, 2.24) is 9.96 Å². The molecule has 2 rings (SSSR count). The number of halogens is 2. The lowest BCUT2D eigenvalue weighted by atomic mass is 10.1. The lowest BCUT2D eigenvalue weighted by molar-refractivity contribution is -0.0904. The number of rotatable bonds is 4. The highest BCUT2D eigenvalue weighted by molar-refractivity contribution is 7.81. The van der Waals surface area contributed by atoms with Gasteiger partial charge in [0.25, 0.3) is 0 Å². The molecule has 2 fully saturated rings. The quantitative estimate of drug-likeness (QED) is 0.745. The summed E-state index contributed by atoms with van der Waals surface area (Å²) >= 11 is 5.58. The molecular weight excluding hydrogens is 298 g/mol. The smallest absolute Gasteiger partial charge is 0.300 e. The molecule has 2 aliphatic rings. The predicted octanol–water partition coefficient (Wildman–Crippen LogP) is 2.89. The van der Waals surface area contributed by atoms with E-state index in [0.29, 0.717) is 6.04 Å². The molecule has 0 saturated carbocycles. The van der Waals surface area contributed by atoms with Crippen molar-refractivity contribution in [3.63, 3.8) is 0 Å². The van der Waals surface area contributed by atoms with Gasteiger partial charge in [-0.1, -0.05) is 0 Å². The first-order valence-corrected chi connectivity index (χ1v) is 8.59. The maximum absolute atomic E-state index is 11.5. The van der Waals surface area contributed by atoms with Gasteiger partial charge in [-0.3, -0.25) is 4.52 Å². The Morgan fingerprint density at radius 1 is 1.17 bits per heavy atom. The Bertz CT molecular complexity index is 295. The summed E-state index contributed by atoms with van der Waals surface area (Å²) in [6, 6.07) is 0.648. The minimum atomic E-state index is -3.40. The summed E-state index contributed by atoms with van der Waals surface area (Å²) in [6.45, 7) is 0.568. The highest BCUT2D eigenvalue weighted by atomic mass is 35.7. The Morgan fingerprint density at radius 2 is 1.72 bits per heavy atom. The minimum Gasteiger partial charge on any atom is -0.300 e. The molecule has 0 bridgehead atoms. The van der Waals surface area contributed by atoms with E-state index in [4.69, 9.17) is 15.9 Å². The number of hydrogen-bond donors (Lipinski definition) is 0. The standard InChI is InChI=1S/C10H20ClN2O3P.ClH/c1-15-17(11,14)16-13-8-4-10(5-9-13)12-6-2-3-7-12;/h10H,2-9H2,1H3;1H. The summed E-state index contributed by atoms with van der Waals surface area (Å²) in [5.41, 5.74) is 0. The highest BCUT2D eigenvalue weighted by Gasteiger charge is 2.30. The monoisotopic (exact) mass is 318 g/mol. The Kier molecular flexibility index (Phi) is 6.90. The molecule has 0 aromatic carbocycles. The maximum Gasteiger partial charge on any atom is 0.440 e. The van der Waals surface area contributed by atoms with Crippen molar-refractivity contribution < 1.29 is 13.7 Å². The molecule has 1 atom stereocenters. The normalized spacial score (nSPS) is 26.8. The molecule has 2 aliphatic heterocycles. The average molecular weight is 319 g/mol. The Balaban J connectivity index is 0.00000162. The van der Waals surface area contributed by atoms with Gasteiger partial charge in [-0.05, 0) is 38.8 Å². The fourth-order valence-corrected chi connectivity index (χ4v) is 3.33. The van der Waals surface area contributed by atoms with Crippen LogP contribution in [0, 0.1) is 0 Å². The van der Waals surface area contributed by atoms with Crippen LogP contribution >= 0.6 is 30.6 Å². The van der Waals surface area contributed by atoms with E-state index in [1.807, 2.05) is 0 Å². The minimum absolute atomic E-state index is 0. The van der Waals surface area contributed by atoms with E-state index in [1.54, 1.807) is 5.06 Å². The zero-order valence-corrected chi connectivity index (χ0v) is 13.1. The van der Waals surface area contributed by atoms with E-state index in [2.05, 4.69) is 9.42 Å². The average Bonchev–Trinajstić information content (AvgIpc) is 2.83. The van der Waals surface area contributed by atoms with Crippen LogP contribution in [-0.4, -0.2) is 49.3 Å². The second-order valence-corrected chi connectivity index (χ2v) is 7.23. The lowest BCUT2D eigenvalue weighted by Crippen LogP contribution is -2.43. The summed E-state index contributed by atoms with van der Waals surface area (Å²) in [6.07, 6.45) is 4.72. The molecule has 0 amide bonds. The van der Waals surface area contributed by atoms with Crippen LogP contribution in [0.15, 0.2) is 0 Å².